The summed E-state index contributed by atoms with van der Waals surface area (Å²) in [6.45, 7) is 3.95. The lowest BCUT2D eigenvalue weighted by atomic mass is 9.80. The third kappa shape index (κ3) is 3.56. The van der Waals surface area contributed by atoms with E-state index in [2.05, 4.69) is 10.1 Å². The van der Waals surface area contributed by atoms with Crippen molar-refractivity contribution in [2.24, 2.45) is 0 Å². The molecule has 1 atom stereocenters. The Morgan fingerprint density at radius 1 is 1.10 bits per heavy atom. The van der Waals surface area contributed by atoms with E-state index in [1.807, 2.05) is 37.3 Å². The van der Waals surface area contributed by atoms with Gasteiger partial charge in [0.2, 0.25) is 0 Å². The summed E-state index contributed by atoms with van der Waals surface area (Å²) in [6, 6.07) is 17.8. The van der Waals surface area contributed by atoms with Crippen molar-refractivity contribution in [2.75, 3.05) is 6.61 Å². The van der Waals surface area contributed by atoms with Gasteiger partial charge in [0.1, 0.15) is 11.2 Å². The fourth-order valence-corrected chi connectivity index (χ4v) is 3.70. The summed E-state index contributed by atoms with van der Waals surface area (Å²) >= 11 is 0. The number of halogens is 1. The van der Waals surface area contributed by atoms with Crippen LogP contribution < -0.4 is 0 Å². The SMILES string of the molecule is CCOC(=O)C(C)(Cc1ccccc1)c1ccnc2c(-c3ccc(F)cc3)cnn12. The molecule has 30 heavy (non-hydrogen) atoms. The summed E-state index contributed by atoms with van der Waals surface area (Å²) in [5, 5.41) is 4.52. The van der Waals surface area contributed by atoms with Crippen LogP contribution in [0.1, 0.15) is 25.1 Å². The molecular formula is C24H22FN3O2. The molecule has 1 unspecified atom stereocenters. The normalized spacial score (nSPS) is 13.2. The molecule has 5 nitrogen and oxygen atoms in total. The van der Waals surface area contributed by atoms with Crippen LogP contribution in [0.15, 0.2) is 73.1 Å². The lowest BCUT2D eigenvalue weighted by molar-refractivity contribution is -0.149. The molecule has 0 amide bonds. The Balaban J connectivity index is 1.85. The number of nitrogens with zero attached hydrogens (tertiary/aromatic N) is 3. The molecule has 0 bridgehead atoms. The summed E-state index contributed by atoms with van der Waals surface area (Å²) in [6.07, 6.45) is 3.81. The van der Waals surface area contributed by atoms with Gasteiger partial charge in [-0.2, -0.15) is 5.10 Å². The highest BCUT2D eigenvalue weighted by Crippen LogP contribution is 2.32. The van der Waals surface area contributed by atoms with Gasteiger partial charge in [0.25, 0.3) is 0 Å². The minimum Gasteiger partial charge on any atom is -0.465 e. The quantitative estimate of drug-likeness (QED) is 0.442. The molecule has 0 radical (unpaired) electrons. The number of esters is 1. The Labute approximate surface area is 174 Å². The first-order valence-corrected chi connectivity index (χ1v) is 9.83. The number of benzene rings is 2. The highest BCUT2D eigenvalue weighted by atomic mass is 19.1. The predicted octanol–water partition coefficient (Wildman–Crippen LogP) is 4.60. The minimum absolute atomic E-state index is 0.289. The van der Waals surface area contributed by atoms with E-state index in [9.17, 15) is 9.18 Å². The van der Waals surface area contributed by atoms with Crippen LogP contribution in [-0.2, 0) is 21.4 Å². The van der Waals surface area contributed by atoms with Crippen LogP contribution in [0.25, 0.3) is 16.8 Å². The van der Waals surface area contributed by atoms with Gasteiger partial charge < -0.3 is 4.74 Å². The molecule has 0 fully saturated rings. The van der Waals surface area contributed by atoms with Crippen LogP contribution >= 0.6 is 0 Å². The van der Waals surface area contributed by atoms with E-state index < -0.39 is 5.41 Å². The van der Waals surface area contributed by atoms with E-state index in [1.165, 1.54) is 12.1 Å². The second kappa shape index (κ2) is 8.06. The maximum Gasteiger partial charge on any atom is 0.318 e. The second-order valence-corrected chi connectivity index (χ2v) is 7.35. The Hall–Kier alpha value is -3.54. The van der Waals surface area contributed by atoms with Gasteiger partial charge in [-0.15, -0.1) is 0 Å². The highest BCUT2D eigenvalue weighted by molar-refractivity contribution is 5.84. The van der Waals surface area contributed by atoms with E-state index in [-0.39, 0.29) is 18.4 Å². The Morgan fingerprint density at radius 3 is 2.53 bits per heavy atom. The number of hydrogen-bond donors (Lipinski definition) is 0. The van der Waals surface area contributed by atoms with Gasteiger partial charge in [-0.25, -0.2) is 13.9 Å². The van der Waals surface area contributed by atoms with Crippen LogP contribution in [0.3, 0.4) is 0 Å². The largest absolute Gasteiger partial charge is 0.465 e. The Morgan fingerprint density at radius 2 is 1.83 bits per heavy atom. The predicted molar refractivity (Wildman–Crippen MR) is 113 cm³/mol. The third-order valence-electron chi connectivity index (χ3n) is 5.25. The molecule has 0 aliphatic carbocycles. The van der Waals surface area contributed by atoms with Crippen LogP contribution in [0.4, 0.5) is 4.39 Å². The summed E-state index contributed by atoms with van der Waals surface area (Å²) in [4.78, 5) is 17.6. The molecule has 0 aliphatic rings. The molecule has 2 aromatic carbocycles. The number of aromatic nitrogens is 3. The fraction of sp³-hybridized carbons (Fsp3) is 0.208. The molecule has 2 aromatic heterocycles. The van der Waals surface area contributed by atoms with E-state index in [0.29, 0.717) is 17.8 Å². The van der Waals surface area contributed by atoms with Crippen LogP contribution in [-0.4, -0.2) is 27.2 Å². The van der Waals surface area contributed by atoms with Gasteiger partial charge in [0.15, 0.2) is 5.65 Å². The van der Waals surface area contributed by atoms with E-state index in [1.54, 1.807) is 42.0 Å². The van der Waals surface area contributed by atoms with Gasteiger partial charge in [-0.1, -0.05) is 42.5 Å². The molecule has 2 heterocycles. The molecule has 0 aliphatic heterocycles. The molecule has 6 heteroatoms. The number of rotatable bonds is 6. The number of fused-ring (bicyclic) bond motifs is 1. The van der Waals surface area contributed by atoms with Gasteiger partial charge in [-0.05, 0) is 49.6 Å². The summed E-state index contributed by atoms with van der Waals surface area (Å²) in [7, 11) is 0. The fourth-order valence-electron chi connectivity index (χ4n) is 3.70. The zero-order valence-corrected chi connectivity index (χ0v) is 16.9. The lowest BCUT2D eigenvalue weighted by Crippen LogP contribution is -2.38. The second-order valence-electron chi connectivity index (χ2n) is 7.35. The van der Waals surface area contributed by atoms with Gasteiger partial charge in [0.05, 0.1) is 18.5 Å². The van der Waals surface area contributed by atoms with Crippen molar-refractivity contribution >= 4 is 11.6 Å². The zero-order valence-electron chi connectivity index (χ0n) is 16.9. The number of carbonyl (C=O) groups is 1. The van der Waals surface area contributed by atoms with Crippen LogP contribution in [0, 0.1) is 5.82 Å². The van der Waals surface area contributed by atoms with Gasteiger partial charge in [-0.3, -0.25) is 4.79 Å². The third-order valence-corrected chi connectivity index (χ3v) is 5.25. The highest BCUT2D eigenvalue weighted by Gasteiger charge is 2.39. The summed E-state index contributed by atoms with van der Waals surface area (Å²) in [5.74, 6) is -0.623. The monoisotopic (exact) mass is 403 g/mol. The molecule has 0 saturated carbocycles. The topological polar surface area (TPSA) is 56.5 Å². The zero-order chi connectivity index (χ0) is 21.1. The Bertz CT molecular complexity index is 1170. The Kier molecular flexibility index (Phi) is 5.31. The first-order valence-electron chi connectivity index (χ1n) is 9.83. The standard InChI is InChI=1S/C24H22FN3O2/c1-3-30-23(29)24(2,15-17-7-5-4-6-8-17)21-13-14-26-22-20(16-27-28(21)22)18-9-11-19(25)12-10-18/h4-14,16H,3,15H2,1-2H3. The van der Waals surface area contributed by atoms with E-state index in [0.717, 1.165) is 16.7 Å². The number of carbonyl (C=O) groups excluding carboxylic acids is 1. The molecular weight excluding hydrogens is 381 g/mol. The van der Waals surface area contributed by atoms with Crippen molar-refractivity contribution in [2.45, 2.75) is 25.7 Å². The summed E-state index contributed by atoms with van der Waals surface area (Å²) in [5.41, 5.74) is 2.90. The molecule has 0 spiro atoms. The molecule has 4 aromatic rings. The number of hydrogen-bond acceptors (Lipinski definition) is 4. The molecule has 0 saturated heterocycles. The van der Waals surface area contributed by atoms with Gasteiger partial charge in [0, 0.05) is 11.8 Å². The number of ether oxygens (including phenoxy) is 1. The van der Waals surface area contributed by atoms with E-state index in [4.69, 9.17) is 4.74 Å². The van der Waals surface area contributed by atoms with Crippen LogP contribution in [0.2, 0.25) is 0 Å². The first kappa shape index (κ1) is 19.8. The van der Waals surface area contributed by atoms with Crippen LogP contribution in [0.5, 0.6) is 0 Å². The van der Waals surface area contributed by atoms with E-state index >= 15 is 0 Å². The van der Waals surface area contributed by atoms with Crippen molar-refractivity contribution < 1.29 is 13.9 Å². The smallest absolute Gasteiger partial charge is 0.318 e. The maximum absolute atomic E-state index is 13.3. The average molecular weight is 403 g/mol. The average Bonchev–Trinajstić information content (AvgIpc) is 3.19. The first-order chi connectivity index (χ1) is 14.5. The van der Waals surface area contributed by atoms with Crippen molar-refractivity contribution in [3.8, 4) is 11.1 Å². The van der Waals surface area contributed by atoms with Crippen molar-refractivity contribution in [1.29, 1.82) is 0 Å². The summed E-state index contributed by atoms with van der Waals surface area (Å²) < 4.78 is 20.5. The lowest BCUT2D eigenvalue weighted by Gasteiger charge is -2.28. The minimum atomic E-state index is -0.968. The molecule has 4 rings (SSSR count). The molecule has 0 N–H and O–H groups in total. The van der Waals surface area contributed by atoms with Crippen molar-refractivity contribution in [1.82, 2.24) is 14.6 Å². The van der Waals surface area contributed by atoms with Gasteiger partial charge >= 0.3 is 5.97 Å². The maximum atomic E-state index is 13.3. The molecule has 152 valence electrons. The van der Waals surface area contributed by atoms with Crippen molar-refractivity contribution in [3.63, 3.8) is 0 Å². The van der Waals surface area contributed by atoms with Crippen molar-refractivity contribution in [3.05, 3.63) is 90.1 Å².